The van der Waals surface area contributed by atoms with Crippen LogP contribution in [-0.2, 0) is 13.1 Å². The SMILES string of the molecule is CN=C(NCc1cccc(N(C)C)n1)NCc1ccccc1OC(F)F.I. The summed E-state index contributed by atoms with van der Waals surface area (Å²) in [5.74, 6) is 1.55. The molecule has 0 saturated heterocycles. The zero-order chi connectivity index (χ0) is 18.9. The average molecular weight is 491 g/mol. The monoisotopic (exact) mass is 491 g/mol. The Kier molecular flexibility index (Phi) is 9.76. The fourth-order valence-electron chi connectivity index (χ4n) is 2.25. The second kappa shape index (κ2) is 11.5. The van der Waals surface area contributed by atoms with Crippen LogP contribution in [0.4, 0.5) is 14.6 Å². The van der Waals surface area contributed by atoms with E-state index in [4.69, 9.17) is 0 Å². The molecule has 1 heterocycles. The van der Waals surface area contributed by atoms with E-state index in [0.717, 1.165) is 11.5 Å². The zero-order valence-corrected chi connectivity index (χ0v) is 17.8. The molecular weight excluding hydrogens is 467 g/mol. The molecule has 0 amide bonds. The Bertz CT molecular complexity index is 743. The molecule has 0 atom stereocenters. The first-order chi connectivity index (χ1) is 12.5. The highest BCUT2D eigenvalue weighted by Crippen LogP contribution is 2.19. The molecule has 1 aromatic carbocycles. The quantitative estimate of drug-likeness (QED) is 0.354. The van der Waals surface area contributed by atoms with Gasteiger partial charge < -0.3 is 20.3 Å². The minimum atomic E-state index is -2.86. The Hall–Kier alpha value is -2.17. The van der Waals surface area contributed by atoms with Gasteiger partial charge in [-0.2, -0.15) is 8.78 Å². The average Bonchev–Trinajstić information content (AvgIpc) is 2.63. The lowest BCUT2D eigenvalue weighted by Gasteiger charge is -2.15. The summed E-state index contributed by atoms with van der Waals surface area (Å²) in [5.41, 5.74) is 1.48. The third-order valence-electron chi connectivity index (χ3n) is 3.55. The number of ether oxygens (including phenoxy) is 1. The topological polar surface area (TPSA) is 61.8 Å². The second-order valence-electron chi connectivity index (χ2n) is 5.65. The smallest absolute Gasteiger partial charge is 0.387 e. The summed E-state index contributed by atoms with van der Waals surface area (Å²) in [5, 5.41) is 6.23. The van der Waals surface area contributed by atoms with Gasteiger partial charge in [-0.05, 0) is 18.2 Å². The van der Waals surface area contributed by atoms with Crippen molar-refractivity contribution in [3.63, 3.8) is 0 Å². The lowest BCUT2D eigenvalue weighted by molar-refractivity contribution is -0.0504. The molecule has 27 heavy (non-hydrogen) atoms. The third-order valence-corrected chi connectivity index (χ3v) is 3.55. The number of aliphatic imine (C=N–C) groups is 1. The number of nitrogens with zero attached hydrogens (tertiary/aromatic N) is 3. The van der Waals surface area contributed by atoms with Crippen molar-refractivity contribution in [1.82, 2.24) is 15.6 Å². The molecule has 2 N–H and O–H groups in total. The third kappa shape index (κ3) is 7.53. The number of rotatable bonds is 7. The first kappa shape index (κ1) is 22.9. The van der Waals surface area contributed by atoms with Crippen LogP contribution in [0, 0.1) is 0 Å². The first-order valence-corrected chi connectivity index (χ1v) is 8.10. The van der Waals surface area contributed by atoms with Crippen LogP contribution in [0.3, 0.4) is 0 Å². The van der Waals surface area contributed by atoms with Crippen LogP contribution >= 0.6 is 24.0 Å². The van der Waals surface area contributed by atoms with Crippen LogP contribution in [0.1, 0.15) is 11.3 Å². The molecule has 0 unspecified atom stereocenters. The van der Waals surface area contributed by atoms with Crippen molar-refractivity contribution in [2.75, 3.05) is 26.0 Å². The van der Waals surface area contributed by atoms with Gasteiger partial charge in [0.1, 0.15) is 11.6 Å². The van der Waals surface area contributed by atoms with Crippen molar-refractivity contribution in [3.8, 4) is 5.75 Å². The summed E-state index contributed by atoms with van der Waals surface area (Å²) in [4.78, 5) is 10.6. The molecule has 0 bridgehead atoms. The molecule has 0 fully saturated rings. The van der Waals surface area contributed by atoms with Gasteiger partial charge in [-0.3, -0.25) is 4.99 Å². The number of halogens is 3. The van der Waals surface area contributed by atoms with Gasteiger partial charge in [0.15, 0.2) is 5.96 Å². The molecule has 9 heteroatoms. The van der Waals surface area contributed by atoms with E-state index in [9.17, 15) is 8.78 Å². The number of benzene rings is 1. The van der Waals surface area contributed by atoms with Gasteiger partial charge in [0.25, 0.3) is 0 Å². The maximum Gasteiger partial charge on any atom is 0.387 e. The molecular formula is C18H24F2IN5O. The Morgan fingerprint density at radius 2 is 1.81 bits per heavy atom. The van der Waals surface area contributed by atoms with Crippen LogP contribution in [-0.4, -0.2) is 38.7 Å². The summed E-state index contributed by atoms with van der Waals surface area (Å²) in [6.45, 7) is -2.08. The van der Waals surface area contributed by atoms with E-state index in [1.54, 1.807) is 25.2 Å². The Labute approximate surface area is 175 Å². The van der Waals surface area contributed by atoms with Crippen LogP contribution in [0.25, 0.3) is 0 Å². The summed E-state index contributed by atoms with van der Waals surface area (Å²) in [6, 6.07) is 12.4. The van der Waals surface area contributed by atoms with Crippen LogP contribution in [0.2, 0.25) is 0 Å². The molecule has 0 spiro atoms. The molecule has 148 valence electrons. The van der Waals surface area contributed by atoms with Gasteiger partial charge in [0, 0.05) is 33.3 Å². The fourth-order valence-corrected chi connectivity index (χ4v) is 2.25. The van der Waals surface area contributed by atoms with Gasteiger partial charge >= 0.3 is 6.61 Å². The lowest BCUT2D eigenvalue weighted by Crippen LogP contribution is -2.36. The van der Waals surface area contributed by atoms with Gasteiger partial charge in [-0.1, -0.05) is 24.3 Å². The molecule has 2 rings (SSSR count). The van der Waals surface area contributed by atoms with E-state index in [-0.39, 0.29) is 29.7 Å². The normalized spacial score (nSPS) is 11.0. The Morgan fingerprint density at radius 3 is 2.48 bits per heavy atom. The standard InChI is InChI=1S/C18H23F2N5O.HI/c1-21-18(23-12-14-8-6-10-16(24-14)25(2)3)22-11-13-7-4-5-9-15(13)26-17(19)20;/h4-10,17H,11-12H2,1-3H3,(H2,21,22,23);1H. The van der Waals surface area contributed by atoms with Crippen molar-refractivity contribution in [3.05, 3.63) is 53.7 Å². The Morgan fingerprint density at radius 1 is 1.11 bits per heavy atom. The highest BCUT2D eigenvalue weighted by molar-refractivity contribution is 14.0. The number of aromatic nitrogens is 1. The minimum Gasteiger partial charge on any atom is -0.434 e. The maximum atomic E-state index is 12.5. The van der Waals surface area contributed by atoms with Gasteiger partial charge in [0.05, 0.1) is 12.2 Å². The molecule has 2 aromatic rings. The second-order valence-corrected chi connectivity index (χ2v) is 5.65. The van der Waals surface area contributed by atoms with Gasteiger partial charge in [-0.15, -0.1) is 24.0 Å². The molecule has 0 aliphatic rings. The lowest BCUT2D eigenvalue weighted by atomic mass is 10.2. The summed E-state index contributed by atoms with van der Waals surface area (Å²) < 4.78 is 29.5. The van der Waals surface area contributed by atoms with Crippen molar-refractivity contribution in [2.45, 2.75) is 19.7 Å². The van der Waals surface area contributed by atoms with E-state index < -0.39 is 6.61 Å². The van der Waals surface area contributed by atoms with Crippen LogP contribution < -0.4 is 20.3 Å². The van der Waals surface area contributed by atoms with E-state index in [1.165, 1.54) is 6.07 Å². The predicted molar refractivity (Wildman–Crippen MR) is 114 cm³/mol. The van der Waals surface area contributed by atoms with E-state index >= 15 is 0 Å². The van der Waals surface area contributed by atoms with E-state index in [1.807, 2.05) is 37.2 Å². The van der Waals surface area contributed by atoms with Crippen molar-refractivity contribution in [2.24, 2.45) is 4.99 Å². The molecule has 0 saturated carbocycles. The highest BCUT2D eigenvalue weighted by Gasteiger charge is 2.09. The summed E-state index contributed by atoms with van der Waals surface area (Å²) in [7, 11) is 5.50. The van der Waals surface area contributed by atoms with Crippen LogP contribution in [0.15, 0.2) is 47.5 Å². The number of pyridine rings is 1. The molecule has 0 aliphatic carbocycles. The highest BCUT2D eigenvalue weighted by atomic mass is 127. The maximum absolute atomic E-state index is 12.5. The zero-order valence-electron chi connectivity index (χ0n) is 15.4. The number of para-hydroxylation sites is 1. The van der Waals surface area contributed by atoms with Crippen molar-refractivity contribution >= 4 is 35.8 Å². The molecule has 1 aromatic heterocycles. The van der Waals surface area contributed by atoms with Gasteiger partial charge in [0.2, 0.25) is 0 Å². The first-order valence-electron chi connectivity index (χ1n) is 8.10. The van der Waals surface area contributed by atoms with E-state index in [0.29, 0.717) is 24.6 Å². The number of guanidine groups is 1. The summed E-state index contributed by atoms with van der Waals surface area (Å²) >= 11 is 0. The largest absolute Gasteiger partial charge is 0.434 e. The minimum absolute atomic E-state index is 0. The van der Waals surface area contributed by atoms with Crippen molar-refractivity contribution in [1.29, 1.82) is 0 Å². The molecule has 0 aliphatic heterocycles. The predicted octanol–water partition coefficient (Wildman–Crippen LogP) is 3.23. The molecule has 6 nitrogen and oxygen atoms in total. The number of nitrogens with one attached hydrogen (secondary N) is 2. The van der Waals surface area contributed by atoms with Gasteiger partial charge in [-0.25, -0.2) is 4.98 Å². The number of anilines is 1. The van der Waals surface area contributed by atoms with E-state index in [2.05, 4.69) is 25.3 Å². The number of hydrogen-bond donors (Lipinski definition) is 2. The number of hydrogen-bond acceptors (Lipinski definition) is 4. The van der Waals surface area contributed by atoms with Crippen molar-refractivity contribution < 1.29 is 13.5 Å². The Balaban J connectivity index is 0.00000364. The number of alkyl halides is 2. The van der Waals surface area contributed by atoms with Crippen LogP contribution in [0.5, 0.6) is 5.75 Å². The molecule has 0 radical (unpaired) electrons. The summed E-state index contributed by atoms with van der Waals surface area (Å²) in [6.07, 6.45) is 0. The fraction of sp³-hybridized carbons (Fsp3) is 0.333.